The zero-order chi connectivity index (χ0) is 21.0. The molecule has 8 heteroatoms. The van der Waals surface area contributed by atoms with Crippen molar-refractivity contribution in [3.63, 3.8) is 0 Å². The minimum absolute atomic E-state index is 0.0355. The number of nitrogens with one attached hydrogen (secondary N) is 2. The van der Waals surface area contributed by atoms with Gasteiger partial charge in [0.1, 0.15) is 5.75 Å². The quantitative estimate of drug-likeness (QED) is 0.642. The molecule has 0 spiro atoms. The molecule has 8 nitrogen and oxygen atoms in total. The lowest BCUT2D eigenvalue weighted by atomic mass is 10.1. The smallest absolute Gasteiger partial charge is 0.290 e. The Bertz CT molecular complexity index is 1140. The first-order valence-corrected chi connectivity index (χ1v) is 9.17. The first-order valence-electron chi connectivity index (χ1n) is 9.17. The molecule has 1 aromatic heterocycles. The van der Waals surface area contributed by atoms with Crippen molar-refractivity contribution in [1.29, 1.82) is 0 Å². The van der Waals surface area contributed by atoms with Crippen molar-refractivity contribution in [2.75, 3.05) is 7.11 Å². The highest BCUT2D eigenvalue weighted by atomic mass is 16.5. The van der Waals surface area contributed by atoms with E-state index in [1.54, 1.807) is 37.3 Å². The predicted octanol–water partition coefficient (Wildman–Crippen LogP) is 1.74. The highest BCUT2D eigenvalue weighted by Crippen LogP contribution is 2.20. The zero-order valence-electron chi connectivity index (χ0n) is 16.5. The summed E-state index contributed by atoms with van der Waals surface area (Å²) in [5.74, 6) is -0.414. The molecule has 0 aliphatic carbocycles. The lowest BCUT2D eigenvalue weighted by molar-refractivity contribution is -0.121. The molecule has 29 heavy (non-hydrogen) atoms. The first kappa shape index (κ1) is 20.1. The van der Waals surface area contributed by atoms with Crippen molar-refractivity contribution < 1.29 is 14.3 Å². The highest BCUT2D eigenvalue weighted by molar-refractivity contribution is 6.05. The maximum atomic E-state index is 12.6. The number of hydrogen-bond donors (Lipinski definition) is 2. The van der Waals surface area contributed by atoms with Gasteiger partial charge >= 0.3 is 0 Å². The summed E-state index contributed by atoms with van der Waals surface area (Å²) in [5.41, 5.74) is 6.28. The summed E-state index contributed by atoms with van der Waals surface area (Å²) >= 11 is 0. The topological polar surface area (TPSA) is 102 Å². The number of carbonyl (C=O) groups is 2. The van der Waals surface area contributed by atoms with Gasteiger partial charge in [-0.1, -0.05) is 35.9 Å². The van der Waals surface area contributed by atoms with Gasteiger partial charge in [0.05, 0.1) is 18.9 Å². The van der Waals surface area contributed by atoms with Crippen LogP contribution in [0.5, 0.6) is 5.75 Å². The van der Waals surface area contributed by atoms with Crippen LogP contribution in [0.3, 0.4) is 0 Å². The van der Waals surface area contributed by atoms with Gasteiger partial charge in [-0.2, -0.15) is 5.10 Å². The van der Waals surface area contributed by atoms with E-state index in [1.807, 2.05) is 19.1 Å². The summed E-state index contributed by atoms with van der Waals surface area (Å²) in [6, 6.07) is 12.3. The van der Waals surface area contributed by atoms with Crippen LogP contribution in [0.2, 0.25) is 0 Å². The van der Waals surface area contributed by atoms with E-state index >= 15 is 0 Å². The Morgan fingerprint density at radius 3 is 2.52 bits per heavy atom. The minimum Gasteiger partial charge on any atom is -0.496 e. The fourth-order valence-corrected chi connectivity index (χ4v) is 3.07. The van der Waals surface area contributed by atoms with Crippen molar-refractivity contribution in [1.82, 2.24) is 20.6 Å². The van der Waals surface area contributed by atoms with E-state index in [-0.39, 0.29) is 17.7 Å². The number of nitrogens with zero attached hydrogens (tertiary/aromatic N) is 2. The van der Waals surface area contributed by atoms with Gasteiger partial charge in [0.25, 0.3) is 11.5 Å². The maximum Gasteiger partial charge on any atom is 0.290 e. The van der Waals surface area contributed by atoms with Crippen LogP contribution in [0.1, 0.15) is 28.5 Å². The number of rotatable bonds is 5. The van der Waals surface area contributed by atoms with Gasteiger partial charge in [-0.15, -0.1) is 0 Å². The molecule has 0 fully saturated rings. The van der Waals surface area contributed by atoms with Gasteiger partial charge in [-0.05, 0) is 26.0 Å². The summed E-state index contributed by atoms with van der Waals surface area (Å²) in [6.45, 7) is 4.01. The third kappa shape index (κ3) is 4.26. The Morgan fingerprint density at radius 2 is 1.83 bits per heavy atom. The van der Waals surface area contributed by atoms with Gasteiger partial charge in [-0.25, -0.2) is 4.68 Å². The van der Waals surface area contributed by atoms with Gasteiger partial charge in [0.15, 0.2) is 5.69 Å². The van der Waals surface area contributed by atoms with Crippen LogP contribution in [0, 0.1) is 6.92 Å². The lowest BCUT2D eigenvalue weighted by Gasteiger charge is -2.12. The van der Waals surface area contributed by atoms with E-state index in [4.69, 9.17) is 4.74 Å². The van der Waals surface area contributed by atoms with Crippen molar-refractivity contribution in [3.05, 3.63) is 69.6 Å². The van der Waals surface area contributed by atoms with Gasteiger partial charge in [0, 0.05) is 17.5 Å². The minimum atomic E-state index is -0.604. The molecule has 1 heterocycles. The third-order valence-corrected chi connectivity index (χ3v) is 4.48. The Hall–Kier alpha value is -3.68. The van der Waals surface area contributed by atoms with Crippen LogP contribution in [0.15, 0.2) is 47.3 Å². The van der Waals surface area contributed by atoms with Crippen LogP contribution < -0.4 is 21.1 Å². The second-order valence-electron chi connectivity index (χ2n) is 6.51. The summed E-state index contributed by atoms with van der Waals surface area (Å²) in [7, 11) is 1.54. The summed E-state index contributed by atoms with van der Waals surface area (Å²) < 4.78 is 6.49. The van der Waals surface area contributed by atoms with Crippen molar-refractivity contribution in [2.24, 2.45) is 0 Å². The van der Waals surface area contributed by atoms with Gasteiger partial charge < -0.3 is 4.74 Å². The molecule has 3 aromatic rings. The van der Waals surface area contributed by atoms with Crippen molar-refractivity contribution in [2.45, 2.75) is 26.8 Å². The molecule has 0 saturated carbocycles. The molecule has 3 rings (SSSR count). The Morgan fingerprint density at radius 1 is 1.10 bits per heavy atom. The molecule has 2 aromatic carbocycles. The number of benzene rings is 2. The Kier molecular flexibility index (Phi) is 5.92. The van der Waals surface area contributed by atoms with Crippen LogP contribution in [-0.4, -0.2) is 28.7 Å². The molecule has 0 aliphatic rings. The molecule has 150 valence electrons. The van der Waals surface area contributed by atoms with Crippen molar-refractivity contribution >= 4 is 22.6 Å². The summed E-state index contributed by atoms with van der Waals surface area (Å²) in [6.07, 6.45) is 0.0355. The van der Waals surface area contributed by atoms with E-state index in [0.717, 1.165) is 5.56 Å². The number of carbonyl (C=O) groups excluding carboxylic acids is 2. The number of aromatic nitrogens is 2. The molecule has 0 aliphatic heterocycles. The second kappa shape index (κ2) is 8.55. The highest BCUT2D eigenvalue weighted by Gasteiger charge is 2.17. The summed E-state index contributed by atoms with van der Waals surface area (Å²) in [4.78, 5) is 37.3. The Balaban J connectivity index is 1.78. The fourth-order valence-electron chi connectivity index (χ4n) is 3.07. The molecule has 0 bridgehead atoms. The lowest BCUT2D eigenvalue weighted by Crippen LogP contribution is -2.43. The molecular weight excluding hydrogens is 372 g/mol. The number of aryl methyl sites for hydroxylation is 2. The maximum absolute atomic E-state index is 12.6. The number of fused-ring (bicyclic) bond motifs is 1. The van der Waals surface area contributed by atoms with Crippen LogP contribution >= 0.6 is 0 Å². The fraction of sp³-hybridized carbons (Fsp3) is 0.238. The van der Waals surface area contributed by atoms with E-state index in [1.165, 1.54) is 11.8 Å². The molecule has 0 unspecified atom stereocenters. The number of amides is 2. The first-order chi connectivity index (χ1) is 13.9. The number of ether oxygens (including phenoxy) is 1. The van der Waals surface area contributed by atoms with Crippen LogP contribution in [0.25, 0.3) is 10.8 Å². The van der Waals surface area contributed by atoms with Crippen LogP contribution in [0.4, 0.5) is 0 Å². The van der Waals surface area contributed by atoms with E-state index in [9.17, 15) is 14.4 Å². The van der Waals surface area contributed by atoms with Crippen molar-refractivity contribution in [3.8, 4) is 5.75 Å². The van der Waals surface area contributed by atoms with E-state index < -0.39 is 11.8 Å². The number of hydrogen-bond acceptors (Lipinski definition) is 5. The van der Waals surface area contributed by atoms with E-state index in [2.05, 4.69) is 16.0 Å². The molecular formula is C21H22N4O4. The van der Waals surface area contributed by atoms with E-state index in [0.29, 0.717) is 28.6 Å². The SMILES string of the molecule is CCn1nc(C(=O)NNC(=O)Cc2cc(C)ccc2OC)c2ccccc2c1=O. The molecule has 0 saturated heterocycles. The monoisotopic (exact) mass is 394 g/mol. The number of hydrazine groups is 1. The summed E-state index contributed by atoms with van der Waals surface area (Å²) in [5, 5.41) is 4.96. The molecule has 2 N–H and O–H groups in total. The standard InChI is InChI=1S/C21H22N4O4/c1-4-25-21(28)16-8-6-5-7-15(16)19(24-25)20(27)23-22-18(26)12-14-11-13(2)9-10-17(14)29-3/h5-11H,4,12H2,1-3H3,(H,22,26)(H,23,27). The zero-order valence-corrected chi connectivity index (χ0v) is 16.5. The third-order valence-electron chi connectivity index (χ3n) is 4.48. The largest absolute Gasteiger partial charge is 0.496 e. The van der Waals surface area contributed by atoms with Crippen LogP contribution in [-0.2, 0) is 17.8 Å². The predicted molar refractivity (Wildman–Crippen MR) is 109 cm³/mol. The van der Waals surface area contributed by atoms with Gasteiger partial charge in [0.2, 0.25) is 5.91 Å². The second-order valence-corrected chi connectivity index (χ2v) is 6.51. The molecule has 2 amide bonds. The average Bonchev–Trinajstić information content (AvgIpc) is 2.72. The molecule has 0 atom stereocenters. The average molecular weight is 394 g/mol. The van der Waals surface area contributed by atoms with Gasteiger partial charge in [-0.3, -0.25) is 25.2 Å². The molecule has 0 radical (unpaired) electrons. The Labute approximate surface area is 167 Å². The number of methoxy groups -OCH3 is 1. The normalized spacial score (nSPS) is 10.6.